The maximum absolute atomic E-state index is 13.7. The summed E-state index contributed by atoms with van der Waals surface area (Å²) in [6.45, 7) is 1.09. The highest BCUT2D eigenvalue weighted by molar-refractivity contribution is 5.89. The van der Waals surface area contributed by atoms with E-state index in [2.05, 4.69) is 4.74 Å². The standard InChI is InChI=1S/C13H18FNO4/c1-19-13(18)11-3-2-10(8-12(11)14)9-15(4-6-16)5-7-17/h2-3,8,16-17H,4-7,9H2,1H3. The zero-order valence-corrected chi connectivity index (χ0v) is 10.8. The van der Waals surface area contributed by atoms with Gasteiger partial charge < -0.3 is 14.9 Å². The topological polar surface area (TPSA) is 70.0 Å². The molecule has 0 spiro atoms. The summed E-state index contributed by atoms with van der Waals surface area (Å²) in [5.41, 5.74) is 0.550. The number of aliphatic hydroxyl groups is 2. The number of esters is 1. The number of methoxy groups -OCH3 is 1. The number of nitrogens with zero attached hydrogens (tertiary/aromatic N) is 1. The van der Waals surface area contributed by atoms with Crippen LogP contribution in [-0.2, 0) is 11.3 Å². The van der Waals surface area contributed by atoms with Crippen LogP contribution in [0, 0.1) is 5.82 Å². The van der Waals surface area contributed by atoms with Crippen LogP contribution in [0.1, 0.15) is 15.9 Å². The van der Waals surface area contributed by atoms with Crippen molar-refractivity contribution < 1.29 is 24.1 Å². The van der Waals surface area contributed by atoms with Crippen LogP contribution in [0.15, 0.2) is 18.2 Å². The quantitative estimate of drug-likeness (QED) is 0.702. The molecule has 1 rings (SSSR count). The van der Waals surface area contributed by atoms with Gasteiger partial charge in [-0.3, -0.25) is 4.90 Å². The van der Waals surface area contributed by atoms with Crippen molar-refractivity contribution in [2.75, 3.05) is 33.4 Å². The Kier molecular flexibility index (Phi) is 6.41. The van der Waals surface area contributed by atoms with Gasteiger partial charge in [0, 0.05) is 19.6 Å². The molecule has 0 heterocycles. The summed E-state index contributed by atoms with van der Waals surface area (Å²) in [6, 6.07) is 4.25. The van der Waals surface area contributed by atoms with E-state index in [4.69, 9.17) is 10.2 Å². The number of ether oxygens (including phenoxy) is 1. The van der Waals surface area contributed by atoms with Gasteiger partial charge in [0.1, 0.15) is 5.82 Å². The lowest BCUT2D eigenvalue weighted by Crippen LogP contribution is -2.29. The number of carbonyl (C=O) groups is 1. The lowest BCUT2D eigenvalue weighted by atomic mass is 10.1. The molecule has 19 heavy (non-hydrogen) atoms. The first-order valence-electron chi connectivity index (χ1n) is 5.93. The third kappa shape index (κ3) is 4.59. The Balaban J connectivity index is 2.79. The molecular weight excluding hydrogens is 253 g/mol. The Morgan fingerprint density at radius 3 is 2.42 bits per heavy atom. The summed E-state index contributed by atoms with van der Waals surface area (Å²) in [5.74, 6) is -1.36. The molecule has 6 heteroatoms. The summed E-state index contributed by atoms with van der Waals surface area (Å²) in [6.07, 6.45) is 0. The number of carbonyl (C=O) groups excluding carboxylic acids is 1. The van der Waals surface area contributed by atoms with Gasteiger partial charge in [-0.25, -0.2) is 9.18 Å². The van der Waals surface area contributed by atoms with Crippen LogP contribution >= 0.6 is 0 Å². The van der Waals surface area contributed by atoms with Gasteiger partial charge in [0.05, 0.1) is 25.9 Å². The molecule has 1 aromatic carbocycles. The maximum atomic E-state index is 13.7. The number of halogens is 1. The smallest absolute Gasteiger partial charge is 0.340 e. The van der Waals surface area contributed by atoms with E-state index in [1.807, 2.05) is 0 Å². The Morgan fingerprint density at radius 1 is 1.32 bits per heavy atom. The molecule has 0 amide bonds. The number of hydrogen-bond donors (Lipinski definition) is 2. The molecule has 0 aliphatic heterocycles. The molecule has 0 atom stereocenters. The van der Waals surface area contributed by atoms with E-state index in [0.29, 0.717) is 25.2 Å². The average Bonchev–Trinajstić information content (AvgIpc) is 2.38. The second-order valence-corrected chi connectivity index (χ2v) is 4.03. The molecule has 0 fully saturated rings. The number of hydrogen-bond acceptors (Lipinski definition) is 5. The minimum Gasteiger partial charge on any atom is -0.465 e. The summed E-state index contributed by atoms with van der Waals surface area (Å²) in [5, 5.41) is 17.8. The molecule has 0 saturated carbocycles. The Labute approximate surface area is 111 Å². The molecule has 0 aliphatic carbocycles. The van der Waals surface area contributed by atoms with Crippen LogP contribution in [0.4, 0.5) is 4.39 Å². The van der Waals surface area contributed by atoms with Gasteiger partial charge in [0.15, 0.2) is 0 Å². The normalized spacial score (nSPS) is 10.8. The van der Waals surface area contributed by atoms with E-state index in [1.165, 1.54) is 19.2 Å². The second-order valence-electron chi connectivity index (χ2n) is 4.03. The molecule has 0 radical (unpaired) electrons. The van der Waals surface area contributed by atoms with E-state index >= 15 is 0 Å². The lowest BCUT2D eigenvalue weighted by molar-refractivity contribution is 0.0595. The van der Waals surface area contributed by atoms with Crippen molar-refractivity contribution in [1.82, 2.24) is 4.90 Å². The fourth-order valence-electron chi connectivity index (χ4n) is 1.74. The van der Waals surface area contributed by atoms with Gasteiger partial charge in [-0.05, 0) is 17.7 Å². The SMILES string of the molecule is COC(=O)c1ccc(CN(CCO)CCO)cc1F. The third-order valence-corrected chi connectivity index (χ3v) is 2.68. The Hall–Kier alpha value is -1.50. The number of aliphatic hydroxyl groups excluding tert-OH is 2. The van der Waals surface area contributed by atoms with Crippen LogP contribution in [0.5, 0.6) is 0 Å². The highest BCUT2D eigenvalue weighted by Crippen LogP contribution is 2.13. The molecule has 0 saturated heterocycles. The highest BCUT2D eigenvalue weighted by Gasteiger charge is 2.13. The van der Waals surface area contributed by atoms with Crippen molar-refractivity contribution in [2.45, 2.75) is 6.54 Å². The fraction of sp³-hybridized carbons (Fsp3) is 0.462. The minimum absolute atomic E-state index is 0.0390. The second kappa shape index (κ2) is 7.83. The van der Waals surface area contributed by atoms with Gasteiger partial charge in [-0.15, -0.1) is 0 Å². The van der Waals surface area contributed by atoms with Crippen LogP contribution in [0.3, 0.4) is 0 Å². The molecule has 0 aromatic heterocycles. The van der Waals surface area contributed by atoms with Crippen LogP contribution in [-0.4, -0.2) is 54.5 Å². The molecule has 106 valence electrons. The van der Waals surface area contributed by atoms with Crippen molar-refractivity contribution in [3.63, 3.8) is 0 Å². The van der Waals surface area contributed by atoms with E-state index in [0.717, 1.165) is 0 Å². The molecular formula is C13H18FNO4. The van der Waals surface area contributed by atoms with Crippen molar-refractivity contribution in [3.8, 4) is 0 Å². The fourth-order valence-corrected chi connectivity index (χ4v) is 1.74. The largest absolute Gasteiger partial charge is 0.465 e. The van der Waals surface area contributed by atoms with Crippen molar-refractivity contribution >= 4 is 5.97 Å². The zero-order valence-electron chi connectivity index (χ0n) is 10.8. The first-order chi connectivity index (χ1) is 9.12. The monoisotopic (exact) mass is 271 g/mol. The molecule has 0 bridgehead atoms. The number of rotatable bonds is 7. The molecule has 1 aromatic rings. The van der Waals surface area contributed by atoms with E-state index < -0.39 is 11.8 Å². The van der Waals surface area contributed by atoms with Gasteiger partial charge in [-0.1, -0.05) is 6.07 Å². The van der Waals surface area contributed by atoms with Crippen molar-refractivity contribution in [1.29, 1.82) is 0 Å². The van der Waals surface area contributed by atoms with E-state index in [9.17, 15) is 9.18 Å². The van der Waals surface area contributed by atoms with Crippen molar-refractivity contribution in [3.05, 3.63) is 35.1 Å². The number of benzene rings is 1. The third-order valence-electron chi connectivity index (χ3n) is 2.68. The van der Waals surface area contributed by atoms with E-state index in [-0.39, 0.29) is 18.8 Å². The van der Waals surface area contributed by atoms with Gasteiger partial charge in [0.2, 0.25) is 0 Å². The minimum atomic E-state index is -0.716. The first-order valence-corrected chi connectivity index (χ1v) is 5.93. The van der Waals surface area contributed by atoms with Gasteiger partial charge >= 0.3 is 5.97 Å². The van der Waals surface area contributed by atoms with E-state index in [1.54, 1.807) is 11.0 Å². The van der Waals surface area contributed by atoms with Crippen LogP contribution in [0.25, 0.3) is 0 Å². The van der Waals surface area contributed by atoms with Crippen LogP contribution in [0.2, 0.25) is 0 Å². The predicted octanol–water partition coefficient (Wildman–Crippen LogP) is 0.399. The van der Waals surface area contributed by atoms with Crippen molar-refractivity contribution in [2.24, 2.45) is 0 Å². The predicted molar refractivity (Wildman–Crippen MR) is 67.2 cm³/mol. The first kappa shape index (κ1) is 15.6. The molecule has 5 nitrogen and oxygen atoms in total. The maximum Gasteiger partial charge on any atom is 0.340 e. The lowest BCUT2D eigenvalue weighted by Gasteiger charge is -2.20. The summed E-state index contributed by atoms with van der Waals surface area (Å²) < 4.78 is 18.2. The molecule has 0 aliphatic rings. The highest BCUT2D eigenvalue weighted by atomic mass is 19.1. The average molecular weight is 271 g/mol. The molecule has 0 unspecified atom stereocenters. The summed E-state index contributed by atoms with van der Waals surface area (Å²) in [7, 11) is 1.19. The van der Waals surface area contributed by atoms with Crippen LogP contribution < -0.4 is 0 Å². The summed E-state index contributed by atoms with van der Waals surface area (Å²) in [4.78, 5) is 13.0. The Bertz CT molecular complexity index is 419. The van der Waals surface area contributed by atoms with Gasteiger partial charge in [0.25, 0.3) is 0 Å². The molecule has 2 N–H and O–H groups in total. The Morgan fingerprint density at radius 2 is 1.95 bits per heavy atom. The summed E-state index contributed by atoms with van der Waals surface area (Å²) >= 11 is 0. The zero-order chi connectivity index (χ0) is 14.3. The van der Waals surface area contributed by atoms with Gasteiger partial charge in [-0.2, -0.15) is 0 Å².